The van der Waals surface area contributed by atoms with E-state index in [1.165, 1.54) is 0 Å². The first-order chi connectivity index (χ1) is 9.26. The predicted molar refractivity (Wildman–Crippen MR) is 81.9 cm³/mol. The minimum absolute atomic E-state index is 0. The average molecular weight is 315 g/mol. The first-order valence-electron chi connectivity index (χ1n) is 6.57. The molecule has 7 heteroatoms. The van der Waals surface area contributed by atoms with Gasteiger partial charge in [-0.1, -0.05) is 11.2 Å². The van der Waals surface area contributed by atoms with E-state index >= 15 is 0 Å². The first-order valence-corrected chi connectivity index (χ1v) is 7.45. The van der Waals surface area contributed by atoms with E-state index in [0.29, 0.717) is 23.7 Å². The number of hydrogen-bond acceptors (Lipinski definition) is 6. The molecule has 0 radical (unpaired) electrons. The lowest BCUT2D eigenvalue weighted by Gasteiger charge is -2.18. The van der Waals surface area contributed by atoms with Crippen molar-refractivity contribution in [3.8, 4) is 10.7 Å². The van der Waals surface area contributed by atoms with Gasteiger partial charge in [0.15, 0.2) is 0 Å². The molecule has 2 aromatic rings. The van der Waals surface area contributed by atoms with Crippen LogP contribution in [0.5, 0.6) is 0 Å². The topological polar surface area (TPSA) is 68.2 Å². The lowest BCUT2D eigenvalue weighted by molar-refractivity contribution is 0.218. The summed E-state index contributed by atoms with van der Waals surface area (Å²) in [5, 5.41) is 6.05. The lowest BCUT2D eigenvalue weighted by atomic mass is 10.1. The highest BCUT2D eigenvalue weighted by molar-refractivity contribution is 7.13. The normalized spacial score (nSPS) is 22.9. The number of hydrogen-bond donors (Lipinski definition) is 1. The molecule has 1 saturated heterocycles. The molecular weight excluding hydrogens is 296 g/mol. The number of aromatic nitrogens is 2. The van der Waals surface area contributed by atoms with Crippen LogP contribution in [0.4, 0.5) is 0 Å². The largest absolute Gasteiger partial charge is 0.338 e. The Morgan fingerprint density at radius 3 is 3.05 bits per heavy atom. The maximum atomic E-state index is 5.74. The Labute approximate surface area is 128 Å². The van der Waals surface area contributed by atoms with Gasteiger partial charge in [-0.15, -0.1) is 23.7 Å². The van der Waals surface area contributed by atoms with Crippen LogP contribution in [-0.4, -0.2) is 34.2 Å². The van der Waals surface area contributed by atoms with Crippen molar-refractivity contribution in [3.05, 3.63) is 23.4 Å². The van der Waals surface area contributed by atoms with Gasteiger partial charge in [-0.05, 0) is 37.3 Å². The van der Waals surface area contributed by atoms with E-state index in [1.807, 2.05) is 17.5 Å². The van der Waals surface area contributed by atoms with Crippen LogP contribution in [0.15, 0.2) is 22.0 Å². The Hall–Kier alpha value is -0.950. The predicted octanol–water partition coefficient (Wildman–Crippen LogP) is 2.39. The van der Waals surface area contributed by atoms with Crippen molar-refractivity contribution in [2.45, 2.75) is 25.9 Å². The summed E-state index contributed by atoms with van der Waals surface area (Å²) < 4.78 is 5.34. The Kier molecular flexibility index (Phi) is 5.15. The minimum Gasteiger partial charge on any atom is -0.338 e. The summed E-state index contributed by atoms with van der Waals surface area (Å²) in [5.41, 5.74) is 5.74. The molecule has 3 heterocycles. The molecule has 5 nitrogen and oxygen atoms in total. The molecule has 0 bridgehead atoms. The van der Waals surface area contributed by atoms with Crippen molar-refractivity contribution in [1.82, 2.24) is 15.0 Å². The Morgan fingerprint density at radius 1 is 1.55 bits per heavy atom. The molecule has 2 N–H and O–H groups in total. The first kappa shape index (κ1) is 15.4. The SMILES string of the molecule is CC1CC(CN)CN1Cc1nc(-c2cccs2)no1.Cl. The summed E-state index contributed by atoms with van der Waals surface area (Å²) in [5.74, 6) is 1.97. The molecule has 0 aliphatic carbocycles. The van der Waals surface area contributed by atoms with Crippen LogP contribution in [0, 0.1) is 5.92 Å². The molecule has 2 atom stereocenters. The summed E-state index contributed by atoms with van der Waals surface area (Å²) in [6.45, 7) is 4.72. The molecule has 110 valence electrons. The van der Waals surface area contributed by atoms with E-state index in [1.54, 1.807) is 11.3 Å². The molecule has 1 aliphatic heterocycles. The van der Waals surface area contributed by atoms with Crippen molar-refractivity contribution in [3.63, 3.8) is 0 Å². The van der Waals surface area contributed by atoms with Gasteiger partial charge in [0.2, 0.25) is 11.7 Å². The van der Waals surface area contributed by atoms with Crippen LogP contribution in [0.25, 0.3) is 10.7 Å². The number of rotatable bonds is 4. The van der Waals surface area contributed by atoms with Gasteiger partial charge in [0.1, 0.15) is 0 Å². The van der Waals surface area contributed by atoms with Gasteiger partial charge in [0, 0.05) is 12.6 Å². The monoisotopic (exact) mass is 314 g/mol. The standard InChI is InChI=1S/C13H18N4OS.ClH/c1-9-5-10(6-14)7-17(9)8-12-15-13(16-18-12)11-3-2-4-19-11;/h2-4,9-10H,5-8,14H2,1H3;1H. The third-order valence-corrected chi connectivity index (χ3v) is 4.54. The van der Waals surface area contributed by atoms with E-state index in [4.69, 9.17) is 10.3 Å². The van der Waals surface area contributed by atoms with Gasteiger partial charge in [-0.3, -0.25) is 4.90 Å². The molecule has 0 amide bonds. The highest BCUT2D eigenvalue weighted by Crippen LogP contribution is 2.25. The van der Waals surface area contributed by atoms with Gasteiger partial charge in [0.25, 0.3) is 0 Å². The van der Waals surface area contributed by atoms with Crippen LogP contribution in [-0.2, 0) is 6.54 Å². The second-order valence-electron chi connectivity index (χ2n) is 5.10. The Morgan fingerprint density at radius 2 is 2.40 bits per heavy atom. The fourth-order valence-corrected chi connectivity index (χ4v) is 3.26. The highest BCUT2D eigenvalue weighted by atomic mass is 35.5. The van der Waals surface area contributed by atoms with Crippen LogP contribution >= 0.6 is 23.7 Å². The number of thiophene rings is 1. The smallest absolute Gasteiger partial charge is 0.241 e. The van der Waals surface area contributed by atoms with Crippen LogP contribution in [0.2, 0.25) is 0 Å². The van der Waals surface area contributed by atoms with Crippen LogP contribution in [0.3, 0.4) is 0 Å². The number of nitrogens with two attached hydrogens (primary N) is 1. The molecule has 0 saturated carbocycles. The van der Waals surface area contributed by atoms with Crippen LogP contribution in [0.1, 0.15) is 19.2 Å². The quantitative estimate of drug-likeness (QED) is 0.938. The Bertz CT molecular complexity index is 530. The Balaban J connectivity index is 0.00000147. The van der Waals surface area contributed by atoms with Gasteiger partial charge in [-0.25, -0.2) is 0 Å². The zero-order valence-electron chi connectivity index (χ0n) is 11.4. The van der Waals surface area contributed by atoms with Crippen molar-refractivity contribution in [2.24, 2.45) is 11.7 Å². The third-order valence-electron chi connectivity index (χ3n) is 3.67. The zero-order chi connectivity index (χ0) is 13.2. The summed E-state index contributed by atoms with van der Waals surface area (Å²) in [6, 6.07) is 4.53. The van der Waals surface area contributed by atoms with Gasteiger partial charge >= 0.3 is 0 Å². The minimum atomic E-state index is 0. The van der Waals surface area contributed by atoms with Gasteiger partial charge < -0.3 is 10.3 Å². The average Bonchev–Trinajstić information content (AvgIpc) is 3.11. The molecular formula is C13H19ClN4OS. The maximum Gasteiger partial charge on any atom is 0.241 e. The molecule has 0 spiro atoms. The van der Waals surface area contributed by atoms with Gasteiger partial charge in [0.05, 0.1) is 11.4 Å². The third kappa shape index (κ3) is 3.20. The second-order valence-corrected chi connectivity index (χ2v) is 6.05. The van der Waals surface area contributed by atoms with Crippen LogP contribution < -0.4 is 5.73 Å². The summed E-state index contributed by atoms with van der Waals surface area (Å²) in [7, 11) is 0. The summed E-state index contributed by atoms with van der Waals surface area (Å²) in [4.78, 5) is 7.87. The van der Waals surface area contributed by atoms with Crippen molar-refractivity contribution in [1.29, 1.82) is 0 Å². The highest BCUT2D eigenvalue weighted by Gasteiger charge is 2.29. The second kappa shape index (κ2) is 6.67. The fourth-order valence-electron chi connectivity index (χ4n) is 2.61. The molecule has 2 aromatic heterocycles. The van der Waals surface area contributed by atoms with E-state index in [2.05, 4.69) is 22.0 Å². The van der Waals surface area contributed by atoms with Gasteiger partial charge in [-0.2, -0.15) is 4.98 Å². The lowest BCUT2D eigenvalue weighted by Crippen LogP contribution is -2.27. The summed E-state index contributed by atoms with van der Waals surface area (Å²) in [6.07, 6.45) is 1.16. The van der Waals surface area contributed by atoms with E-state index in [0.717, 1.165) is 30.9 Å². The molecule has 2 unspecified atom stereocenters. The van der Waals surface area contributed by atoms with Crippen molar-refractivity contribution < 1.29 is 4.52 Å². The molecule has 1 fully saturated rings. The van der Waals surface area contributed by atoms with Crippen molar-refractivity contribution >= 4 is 23.7 Å². The summed E-state index contributed by atoms with van der Waals surface area (Å²) >= 11 is 1.62. The molecule has 20 heavy (non-hydrogen) atoms. The molecule has 3 rings (SSSR count). The molecule has 0 aromatic carbocycles. The number of halogens is 1. The van der Waals surface area contributed by atoms with E-state index in [9.17, 15) is 0 Å². The number of nitrogens with zero attached hydrogens (tertiary/aromatic N) is 3. The fraction of sp³-hybridized carbons (Fsp3) is 0.538. The van der Waals surface area contributed by atoms with E-state index < -0.39 is 0 Å². The maximum absolute atomic E-state index is 5.74. The zero-order valence-corrected chi connectivity index (χ0v) is 13.0. The van der Waals surface area contributed by atoms with Crippen molar-refractivity contribution in [2.75, 3.05) is 13.1 Å². The number of likely N-dealkylation sites (tertiary alicyclic amines) is 1. The van der Waals surface area contributed by atoms with E-state index in [-0.39, 0.29) is 12.4 Å². The molecule has 1 aliphatic rings.